The van der Waals surface area contributed by atoms with E-state index in [1.807, 2.05) is 4.90 Å². The number of carbonyl (C=O) groups is 1. The first-order valence-corrected chi connectivity index (χ1v) is 12.4. The number of carbonyl (C=O) groups excluding carboxylic acids is 1. The predicted octanol–water partition coefficient (Wildman–Crippen LogP) is 5.55. The molecule has 0 aromatic heterocycles. The Labute approximate surface area is 192 Å². The minimum absolute atomic E-state index is 0.190. The molecule has 0 N–H and O–H groups in total. The maximum Gasteiger partial charge on any atom is 0.324 e. The Bertz CT molecular complexity index is 940. The monoisotopic (exact) mass is 429 g/mol. The molecule has 0 atom stereocenters. The summed E-state index contributed by atoms with van der Waals surface area (Å²) in [5.74, 6) is 0.573. The van der Waals surface area contributed by atoms with Crippen LogP contribution in [0.5, 0.6) is 0 Å². The van der Waals surface area contributed by atoms with Crippen LogP contribution in [-0.2, 0) is 6.42 Å². The molecule has 3 aliphatic rings. The van der Waals surface area contributed by atoms with E-state index in [0.717, 1.165) is 57.5 Å². The number of urea groups is 1. The van der Waals surface area contributed by atoms with Gasteiger partial charge in [0.15, 0.2) is 0 Å². The minimum atomic E-state index is 0.190. The summed E-state index contributed by atoms with van der Waals surface area (Å²) in [4.78, 5) is 20.0. The van der Waals surface area contributed by atoms with Crippen LogP contribution < -0.4 is 4.90 Å². The summed E-state index contributed by atoms with van der Waals surface area (Å²) in [6.07, 6.45) is 11.4. The lowest BCUT2D eigenvalue weighted by Gasteiger charge is -2.38. The van der Waals surface area contributed by atoms with Gasteiger partial charge in [-0.2, -0.15) is 0 Å². The number of nitrogens with zero attached hydrogens (tertiary/aromatic N) is 3. The van der Waals surface area contributed by atoms with E-state index >= 15 is 0 Å². The molecule has 168 valence electrons. The van der Waals surface area contributed by atoms with E-state index in [1.165, 1.54) is 42.6 Å². The number of amides is 2. The quantitative estimate of drug-likeness (QED) is 0.637. The molecular formula is C28H35N3O. The SMILES string of the molecule is O=C(N1CCC(c2ccccc2)CC1)N1CCCc2cc(/C=C/CN3CCCC3)ccc21. The molecule has 0 unspecified atom stereocenters. The molecular weight excluding hydrogens is 394 g/mol. The maximum absolute atomic E-state index is 13.4. The zero-order chi connectivity index (χ0) is 21.8. The van der Waals surface area contributed by atoms with E-state index < -0.39 is 0 Å². The summed E-state index contributed by atoms with van der Waals surface area (Å²) in [6, 6.07) is 17.6. The third kappa shape index (κ3) is 4.75. The van der Waals surface area contributed by atoms with Gasteiger partial charge in [-0.25, -0.2) is 4.79 Å². The summed E-state index contributed by atoms with van der Waals surface area (Å²) >= 11 is 0. The number of piperidine rings is 1. The lowest BCUT2D eigenvalue weighted by Crippen LogP contribution is -2.48. The van der Waals surface area contributed by atoms with Crippen LogP contribution in [0.1, 0.15) is 54.7 Å². The van der Waals surface area contributed by atoms with Crippen LogP contribution in [0, 0.1) is 0 Å². The molecule has 2 aromatic carbocycles. The Morgan fingerprint density at radius 3 is 2.47 bits per heavy atom. The zero-order valence-corrected chi connectivity index (χ0v) is 19.1. The lowest BCUT2D eigenvalue weighted by atomic mass is 9.89. The number of hydrogen-bond donors (Lipinski definition) is 0. The Morgan fingerprint density at radius 1 is 0.906 bits per heavy atom. The number of hydrogen-bond acceptors (Lipinski definition) is 2. The third-order valence-electron chi connectivity index (χ3n) is 7.36. The first-order chi connectivity index (χ1) is 15.8. The van der Waals surface area contributed by atoms with Gasteiger partial charge in [-0.1, -0.05) is 48.6 Å². The number of anilines is 1. The summed E-state index contributed by atoms with van der Waals surface area (Å²) in [5, 5.41) is 0. The van der Waals surface area contributed by atoms with Crippen molar-refractivity contribution in [1.29, 1.82) is 0 Å². The summed E-state index contributed by atoms with van der Waals surface area (Å²) in [7, 11) is 0. The first kappa shape index (κ1) is 21.3. The second kappa shape index (κ2) is 9.91. The van der Waals surface area contributed by atoms with Gasteiger partial charge < -0.3 is 4.90 Å². The highest BCUT2D eigenvalue weighted by Crippen LogP contribution is 2.32. The van der Waals surface area contributed by atoms with Crippen molar-refractivity contribution in [2.45, 2.75) is 44.4 Å². The van der Waals surface area contributed by atoms with Crippen LogP contribution in [0.15, 0.2) is 54.6 Å². The summed E-state index contributed by atoms with van der Waals surface area (Å²) in [6.45, 7) is 6.03. The molecule has 0 saturated carbocycles. The fraction of sp³-hybridized carbons (Fsp3) is 0.464. The van der Waals surface area contributed by atoms with E-state index in [2.05, 4.69) is 70.5 Å². The normalized spacial score (nSPS) is 20.1. The van der Waals surface area contributed by atoms with Crippen LogP contribution in [-0.4, -0.2) is 55.1 Å². The number of fused-ring (bicyclic) bond motifs is 1. The first-order valence-electron chi connectivity index (χ1n) is 12.4. The van der Waals surface area contributed by atoms with Crippen molar-refractivity contribution in [1.82, 2.24) is 9.80 Å². The molecule has 0 radical (unpaired) electrons. The molecule has 2 saturated heterocycles. The van der Waals surface area contributed by atoms with Gasteiger partial charge in [-0.3, -0.25) is 9.80 Å². The van der Waals surface area contributed by atoms with Crippen LogP contribution in [0.3, 0.4) is 0 Å². The molecule has 0 aliphatic carbocycles. The molecule has 4 heteroatoms. The van der Waals surface area contributed by atoms with Crippen molar-refractivity contribution in [3.63, 3.8) is 0 Å². The molecule has 3 heterocycles. The van der Waals surface area contributed by atoms with E-state index in [1.54, 1.807) is 0 Å². The standard InChI is InChI=1S/C28H35N3O/c32-28(30-20-14-25(15-21-30)24-9-2-1-3-10-24)31-19-7-11-26-22-23(12-13-27(26)31)8-6-18-29-16-4-5-17-29/h1-3,6,8-10,12-13,22,25H,4-5,7,11,14-21H2/b8-6+. The van der Waals surface area contributed by atoms with Crippen molar-refractivity contribution < 1.29 is 4.79 Å². The van der Waals surface area contributed by atoms with Crippen LogP contribution >= 0.6 is 0 Å². The number of rotatable bonds is 4. The van der Waals surface area contributed by atoms with Crippen molar-refractivity contribution in [2.24, 2.45) is 0 Å². The third-order valence-corrected chi connectivity index (χ3v) is 7.36. The molecule has 0 spiro atoms. The highest BCUT2D eigenvalue weighted by atomic mass is 16.2. The van der Waals surface area contributed by atoms with Gasteiger partial charge in [0, 0.05) is 31.9 Å². The van der Waals surface area contributed by atoms with E-state index in [0.29, 0.717) is 5.92 Å². The van der Waals surface area contributed by atoms with Crippen molar-refractivity contribution in [3.8, 4) is 0 Å². The fourth-order valence-electron chi connectivity index (χ4n) is 5.52. The lowest BCUT2D eigenvalue weighted by molar-refractivity contribution is 0.187. The average molecular weight is 430 g/mol. The molecule has 5 rings (SSSR count). The molecule has 2 aromatic rings. The number of aryl methyl sites for hydroxylation is 1. The highest BCUT2D eigenvalue weighted by Gasteiger charge is 2.30. The van der Waals surface area contributed by atoms with E-state index in [-0.39, 0.29) is 6.03 Å². The van der Waals surface area contributed by atoms with Gasteiger partial charge in [-0.15, -0.1) is 0 Å². The van der Waals surface area contributed by atoms with Gasteiger partial charge in [0.2, 0.25) is 0 Å². The average Bonchev–Trinajstić information content (AvgIpc) is 3.37. The summed E-state index contributed by atoms with van der Waals surface area (Å²) < 4.78 is 0. The van der Waals surface area contributed by atoms with Gasteiger partial charge in [0.05, 0.1) is 0 Å². The Balaban J connectivity index is 1.22. The second-order valence-electron chi connectivity index (χ2n) is 9.51. The molecule has 4 nitrogen and oxygen atoms in total. The minimum Gasteiger partial charge on any atom is -0.324 e. The van der Waals surface area contributed by atoms with Gasteiger partial charge in [-0.05, 0) is 86.4 Å². The Hall–Kier alpha value is -2.59. The van der Waals surface area contributed by atoms with Crippen molar-refractivity contribution in [3.05, 3.63) is 71.3 Å². The molecule has 0 bridgehead atoms. The second-order valence-corrected chi connectivity index (χ2v) is 9.51. The Kier molecular flexibility index (Phi) is 6.59. The molecule has 2 amide bonds. The predicted molar refractivity (Wildman–Crippen MR) is 132 cm³/mol. The molecule has 2 fully saturated rings. The van der Waals surface area contributed by atoms with Gasteiger partial charge >= 0.3 is 6.03 Å². The smallest absolute Gasteiger partial charge is 0.324 e. The van der Waals surface area contributed by atoms with Gasteiger partial charge in [0.1, 0.15) is 0 Å². The highest BCUT2D eigenvalue weighted by molar-refractivity contribution is 5.93. The van der Waals surface area contributed by atoms with Crippen LogP contribution in [0.25, 0.3) is 6.08 Å². The van der Waals surface area contributed by atoms with Crippen LogP contribution in [0.4, 0.5) is 10.5 Å². The van der Waals surface area contributed by atoms with Gasteiger partial charge in [0.25, 0.3) is 0 Å². The Morgan fingerprint density at radius 2 is 1.69 bits per heavy atom. The molecule has 32 heavy (non-hydrogen) atoms. The van der Waals surface area contributed by atoms with Crippen LogP contribution in [0.2, 0.25) is 0 Å². The van der Waals surface area contributed by atoms with Crippen molar-refractivity contribution in [2.75, 3.05) is 44.2 Å². The number of benzene rings is 2. The topological polar surface area (TPSA) is 26.8 Å². The van der Waals surface area contributed by atoms with Crippen molar-refractivity contribution >= 4 is 17.8 Å². The largest absolute Gasteiger partial charge is 0.324 e. The zero-order valence-electron chi connectivity index (χ0n) is 19.1. The van der Waals surface area contributed by atoms with E-state index in [9.17, 15) is 4.79 Å². The van der Waals surface area contributed by atoms with E-state index in [4.69, 9.17) is 0 Å². The maximum atomic E-state index is 13.4. The fourth-order valence-corrected chi connectivity index (χ4v) is 5.52. The number of likely N-dealkylation sites (tertiary alicyclic amines) is 2. The summed E-state index contributed by atoms with van der Waals surface area (Å²) in [5.41, 5.74) is 5.09. The molecule has 3 aliphatic heterocycles.